The number of rotatable bonds is 2. The topological polar surface area (TPSA) is 82.5 Å². The Kier molecular flexibility index (Phi) is 4.48. The number of para-hydroxylation sites is 1. The van der Waals surface area contributed by atoms with Gasteiger partial charge in [0.05, 0.1) is 22.4 Å². The highest BCUT2D eigenvalue weighted by molar-refractivity contribution is 5.88. The van der Waals surface area contributed by atoms with E-state index < -0.39 is 17.4 Å². The van der Waals surface area contributed by atoms with E-state index in [2.05, 4.69) is 10.1 Å². The molecular weight excluding hydrogens is 495 g/mol. The van der Waals surface area contributed by atoms with Crippen molar-refractivity contribution in [3.05, 3.63) is 130 Å². The van der Waals surface area contributed by atoms with Gasteiger partial charge in [-0.25, -0.2) is 23.7 Å². The maximum Gasteiger partial charge on any atom is 0.344 e. The quantitative estimate of drug-likeness (QED) is 0.247. The van der Waals surface area contributed by atoms with Gasteiger partial charge in [-0.15, -0.1) is 5.10 Å². The maximum atomic E-state index is 14.5. The molecule has 7 nitrogen and oxygen atoms in total. The third-order valence-electron chi connectivity index (χ3n) is 7.15. The van der Waals surface area contributed by atoms with Crippen LogP contribution in [0.4, 0.5) is 4.39 Å². The second kappa shape index (κ2) is 8.06. The highest BCUT2D eigenvalue weighted by Gasteiger charge is 2.37. The van der Waals surface area contributed by atoms with Crippen molar-refractivity contribution in [2.45, 2.75) is 5.92 Å². The Morgan fingerprint density at radius 1 is 0.846 bits per heavy atom. The summed E-state index contributed by atoms with van der Waals surface area (Å²) >= 11 is 0. The summed E-state index contributed by atoms with van der Waals surface area (Å²) in [5.74, 6) is -0.0619. The molecule has 3 aromatic heterocycles. The summed E-state index contributed by atoms with van der Waals surface area (Å²) in [6.07, 6.45) is 1.53. The highest BCUT2D eigenvalue weighted by atomic mass is 19.1. The van der Waals surface area contributed by atoms with Gasteiger partial charge in [-0.1, -0.05) is 60.7 Å². The molecule has 0 spiro atoms. The summed E-state index contributed by atoms with van der Waals surface area (Å²) in [6, 6.07) is 27.4. The minimum Gasteiger partial charge on any atom is -0.437 e. The summed E-state index contributed by atoms with van der Waals surface area (Å²) < 4.78 is 28.1. The molecule has 1 unspecified atom stereocenters. The first-order valence-electron chi connectivity index (χ1n) is 12.4. The zero-order valence-electron chi connectivity index (χ0n) is 20.2. The lowest BCUT2D eigenvalue weighted by atomic mass is 9.84. The van der Waals surface area contributed by atoms with Crippen molar-refractivity contribution < 1.29 is 13.5 Å². The third-order valence-corrected chi connectivity index (χ3v) is 7.15. The molecule has 0 N–H and O–H groups in total. The molecule has 1 atom stereocenters. The molecule has 0 bridgehead atoms. The van der Waals surface area contributed by atoms with Crippen LogP contribution in [0.1, 0.15) is 22.6 Å². The SMILES string of the molecule is O=c1oc2ccccc2c2c1C(c1cccc(F)c1)c1c(ncn3nc(-c4ccc5ccccc5c4)nc13)O2. The summed E-state index contributed by atoms with van der Waals surface area (Å²) in [5, 5.41) is 7.48. The van der Waals surface area contributed by atoms with Crippen LogP contribution in [0.15, 0.2) is 107 Å². The predicted molar refractivity (Wildman–Crippen MR) is 144 cm³/mol. The van der Waals surface area contributed by atoms with Crippen LogP contribution >= 0.6 is 0 Å². The minimum atomic E-state index is -0.745. The van der Waals surface area contributed by atoms with Crippen molar-refractivity contribution >= 4 is 27.4 Å². The number of ether oxygens (including phenoxy) is 1. The Balaban J connectivity index is 1.41. The Morgan fingerprint density at radius 2 is 1.69 bits per heavy atom. The zero-order chi connectivity index (χ0) is 26.1. The number of benzene rings is 4. The van der Waals surface area contributed by atoms with E-state index in [1.54, 1.807) is 28.8 Å². The van der Waals surface area contributed by atoms with Crippen LogP contribution in [0.3, 0.4) is 0 Å². The summed E-state index contributed by atoms with van der Waals surface area (Å²) in [7, 11) is 0. The lowest BCUT2D eigenvalue weighted by Crippen LogP contribution is -2.22. The number of nitrogens with zero attached hydrogens (tertiary/aromatic N) is 4. The fraction of sp³-hybridized carbons (Fsp3) is 0.0323. The lowest BCUT2D eigenvalue weighted by Gasteiger charge is -2.27. The van der Waals surface area contributed by atoms with Gasteiger partial charge in [-0.3, -0.25) is 0 Å². The first-order chi connectivity index (χ1) is 19.1. The largest absolute Gasteiger partial charge is 0.437 e. The molecule has 0 radical (unpaired) electrons. The first kappa shape index (κ1) is 21.7. The Bertz CT molecular complexity index is 2170. The van der Waals surface area contributed by atoms with Gasteiger partial charge in [0.1, 0.15) is 17.7 Å². The van der Waals surface area contributed by atoms with Crippen LogP contribution in [0.5, 0.6) is 11.6 Å². The molecule has 0 aliphatic carbocycles. The average Bonchev–Trinajstić information content (AvgIpc) is 3.41. The van der Waals surface area contributed by atoms with Crippen LogP contribution in [0.2, 0.25) is 0 Å². The molecule has 186 valence electrons. The van der Waals surface area contributed by atoms with Crippen molar-refractivity contribution in [3.63, 3.8) is 0 Å². The molecule has 7 aromatic rings. The Labute approximate surface area is 219 Å². The van der Waals surface area contributed by atoms with E-state index in [4.69, 9.17) is 14.1 Å². The van der Waals surface area contributed by atoms with Gasteiger partial charge in [-0.2, -0.15) is 0 Å². The number of hydrogen-bond acceptors (Lipinski definition) is 6. The number of fused-ring (bicyclic) bond motifs is 7. The smallest absolute Gasteiger partial charge is 0.344 e. The van der Waals surface area contributed by atoms with Crippen molar-refractivity contribution in [2.75, 3.05) is 0 Å². The molecule has 0 saturated carbocycles. The van der Waals surface area contributed by atoms with Crippen molar-refractivity contribution in [1.82, 2.24) is 19.6 Å². The molecule has 39 heavy (non-hydrogen) atoms. The normalized spacial score (nSPS) is 14.3. The molecule has 1 aliphatic rings. The second-order valence-electron chi connectivity index (χ2n) is 9.45. The average molecular weight is 513 g/mol. The molecule has 0 saturated heterocycles. The molecular formula is C31H17FN4O3. The van der Waals surface area contributed by atoms with Gasteiger partial charge >= 0.3 is 5.63 Å². The standard InChI is InChI=1S/C31H17FN4O3/c32-21-9-5-8-19(15-21)24-25-27(22-10-3-4-11-23(22)38-31(25)37)39-30-26(24)29-34-28(35-36(29)16-33-30)20-13-12-17-6-1-2-7-18(17)14-20/h1-16,24H. The summed E-state index contributed by atoms with van der Waals surface area (Å²) in [4.78, 5) is 22.9. The fourth-order valence-electron chi connectivity index (χ4n) is 5.40. The van der Waals surface area contributed by atoms with Crippen LogP contribution < -0.4 is 10.4 Å². The van der Waals surface area contributed by atoms with Gasteiger partial charge in [0.25, 0.3) is 0 Å². The monoisotopic (exact) mass is 512 g/mol. The Morgan fingerprint density at radius 3 is 2.59 bits per heavy atom. The van der Waals surface area contributed by atoms with E-state index in [0.29, 0.717) is 39.3 Å². The predicted octanol–water partition coefficient (Wildman–Crippen LogP) is 6.48. The molecule has 1 aliphatic heterocycles. The molecule has 0 fully saturated rings. The van der Waals surface area contributed by atoms with Gasteiger partial charge in [0.15, 0.2) is 17.2 Å². The van der Waals surface area contributed by atoms with Crippen LogP contribution in [0, 0.1) is 5.82 Å². The van der Waals surface area contributed by atoms with Crippen molar-refractivity contribution in [1.29, 1.82) is 0 Å². The van der Waals surface area contributed by atoms with Crippen molar-refractivity contribution in [2.24, 2.45) is 0 Å². The van der Waals surface area contributed by atoms with Crippen LogP contribution in [0.25, 0.3) is 38.8 Å². The third kappa shape index (κ3) is 3.28. The van der Waals surface area contributed by atoms with Crippen molar-refractivity contribution in [3.8, 4) is 23.0 Å². The van der Waals surface area contributed by atoms with Gasteiger partial charge < -0.3 is 9.15 Å². The van der Waals surface area contributed by atoms with E-state index >= 15 is 0 Å². The minimum absolute atomic E-state index is 0.261. The van der Waals surface area contributed by atoms with Gasteiger partial charge in [-0.05, 0) is 46.7 Å². The van der Waals surface area contributed by atoms with E-state index in [0.717, 1.165) is 16.3 Å². The molecule has 4 aromatic carbocycles. The Hall–Kier alpha value is -5.37. The van der Waals surface area contributed by atoms with E-state index in [1.165, 1.54) is 18.5 Å². The van der Waals surface area contributed by atoms with E-state index in [1.807, 2.05) is 54.6 Å². The molecule has 4 heterocycles. The van der Waals surface area contributed by atoms with Gasteiger partial charge in [0.2, 0.25) is 5.88 Å². The second-order valence-corrected chi connectivity index (χ2v) is 9.45. The zero-order valence-corrected chi connectivity index (χ0v) is 20.2. The number of hydrogen-bond donors (Lipinski definition) is 0. The maximum absolute atomic E-state index is 14.5. The fourth-order valence-corrected chi connectivity index (χ4v) is 5.40. The number of aromatic nitrogens is 4. The number of halogens is 1. The van der Waals surface area contributed by atoms with Crippen LogP contribution in [-0.2, 0) is 0 Å². The molecule has 8 heteroatoms. The van der Waals surface area contributed by atoms with Gasteiger partial charge in [0, 0.05) is 5.56 Å². The van der Waals surface area contributed by atoms with E-state index in [9.17, 15) is 9.18 Å². The van der Waals surface area contributed by atoms with Crippen LogP contribution in [-0.4, -0.2) is 19.6 Å². The summed E-state index contributed by atoms with van der Waals surface area (Å²) in [6.45, 7) is 0. The highest BCUT2D eigenvalue weighted by Crippen LogP contribution is 2.48. The van der Waals surface area contributed by atoms with E-state index in [-0.39, 0.29) is 11.4 Å². The molecule has 8 rings (SSSR count). The first-order valence-corrected chi connectivity index (χ1v) is 12.4. The summed E-state index contributed by atoms with van der Waals surface area (Å²) in [5.41, 5.74) is 2.43. The molecule has 0 amide bonds. The lowest BCUT2D eigenvalue weighted by molar-refractivity contribution is 0.422.